The lowest BCUT2D eigenvalue weighted by molar-refractivity contribution is -0.137. The molecule has 4 rings (SSSR count). The molecule has 3 aromatic rings. The summed E-state index contributed by atoms with van der Waals surface area (Å²) in [5.74, 6) is 0.375. The standard InChI is InChI=1S/C26H30N2O3/c1-26(2)12-4-5-20-7-6-18(15-23(20)26)17-31-21-10-8-19(9-11-21)22(16-24(29)30)25-27-13-14-28(25)3/h6-11,13-15,22H,4-5,12,16-17H2,1-3H3,(H,29,30)/t22-/m0/s1. The minimum absolute atomic E-state index is 0.00400. The summed E-state index contributed by atoms with van der Waals surface area (Å²) < 4.78 is 7.91. The van der Waals surface area contributed by atoms with Crippen LogP contribution in [0.25, 0.3) is 0 Å². The maximum Gasteiger partial charge on any atom is 0.304 e. The summed E-state index contributed by atoms with van der Waals surface area (Å²) in [5.41, 5.74) is 5.22. The number of aliphatic carboxylic acids is 1. The average molecular weight is 419 g/mol. The van der Waals surface area contributed by atoms with E-state index in [1.54, 1.807) is 6.20 Å². The van der Waals surface area contributed by atoms with E-state index >= 15 is 0 Å². The zero-order chi connectivity index (χ0) is 22.0. The molecule has 0 amide bonds. The minimum Gasteiger partial charge on any atom is -0.489 e. The highest BCUT2D eigenvalue weighted by molar-refractivity contribution is 5.68. The van der Waals surface area contributed by atoms with Crippen molar-refractivity contribution < 1.29 is 14.6 Å². The summed E-state index contributed by atoms with van der Waals surface area (Å²) in [5, 5.41) is 9.36. The maximum atomic E-state index is 11.4. The smallest absolute Gasteiger partial charge is 0.304 e. The van der Waals surface area contributed by atoms with Crippen molar-refractivity contribution in [3.8, 4) is 5.75 Å². The summed E-state index contributed by atoms with van der Waals surface area (Å²) in [6.45, 7) is 5.16. The van der Waals surface area contributed by atoms with E-state index in [4.69, 9.17) is 4.74 Å². The number of aromatic nitrogens is 2. The summed E-state index contributed by atoms with van der Waals surface area (Å²) in [6, 6.07) is 14.4. The van der Waals surface area contributed by atoms with Crippen molar-refractivity contribution in [2.75, 3.05) is 0 Å². The topological polar surface area (TPSA) is 64.4 Å². The molecule has 31 heavy (non-hydrogen) atoms. The number of fused-ring (bicyclic) bond motifs is 1. The van der Waals surface area contributed by atoms with Crippen molar-refractivity contribution in [2.45, 2.75) is 57.5 Å². The van der Waals surface area contributed by atoms with Gasteiger partial charge in [0.1, 0.15) is 18.2 Å². The Hall–Kier alpha value is -3.08. The quantitative estimate of drug-likeness (QED) is 0.571. The molecule has 162 valence electrons. The molecule has 1 N–H and O–H groups in total. The van der Waals surface area contributed by atoms with Crippen LogP contribution in [0.3, 0.4) is 0 Å². The molecule has 0 fully saturated rings. The number of hydrogen-bond acceptors (Lipinski definition) is 3. The van der Waals surface area contributed by atoms with Gasteiger partial charge in [0.15, 0.2) is 0 Å². The highest BCUT2D eigenvalue weighted by atomic mass is 16.5. The molecule has 5 heteroatoms. The van der Waals surface area contributed by atoms with E-state index in [0.29, 0.717) is 6.61 Å². The molecular weight excluding hydrogens is 388 g/mol. The van der Waals surface area contributed by atoms with Gasteiger partial charge in [0, 0.05) is 19.4 Å². The van der Waals surface area contributed by atoms with Crippen molar-refractivity contribution in [2.24, 2.45) is 7.05 Å². The molecule has 0 saturated heterocycles. The lowest BCUT2D eigenvalue weighted by Gasteiger charge is -2.33. The van der Waals surface area contributed by atoms with Gasteiger partial charge in [0.2, 0.25) is 0 Å². The van der Waals surface area contributed by atoms with Gasteiger partial charge in [-0.15, -0.1) is 0 Å². The average Bonchev–Trinajstić information content (AvgIpc) is 3.16. The molecule has 1 aliphatic rings. The first kappa shape index (κ1) is 21.2. The minimum atomic E-state index is -0.844. The van der Waals surface area contributed by atoms with Gasteiger partial charge in [-0.3, -0.25) is 4.79 Å². The van der Waals surface area contributed by atoms with Gasteiger partial charge in [-0.25, -0.2) is 4.98 Å². The van der Waals surface area contributed by atoms with E-state index in [2.05, 4.69) is 37.0 Å². The molecule has 1 aliphatic carbocycles. The number of nitrogens with zero attached hydrogens (tertiary/aromatic N) is 2. The van der Waals surface area contributed by atoms with Gasteiger partial charge in [0.25, 0.3) is 0 Å². The first-order valence-electron chi connectivity index (χ1n) is 10.9. The number of benzene rings is 2. The number of imidazole rings is 1. The number of aryl methyl sites for hydroxylation is 2. The van der Waals surface area contributed by atoms with E-state index in [1.807, 2.05) is 42.1 Å². The molecule has 1 heterocycles. The van der Waals surface area contributed by atoms with E-state index < -0.39 is 5.97 Å². The van der Waals surface area contributed by atoms with Crippen molar-refractivity contribution in [1.29, 1.82) is 0 Å². The third-order valence-corrected chi connectivity index (χ3v) is 6.39. The molecule has 0 unspecified atom stereocenters. The van der Waals surface area contributed by atoms with Crippen LogP contribution >= 0.6 is 0 Å². The zero-order valence-electron chi connectivity index (χ0n) is 18.5. The van der Waals surface area contributed by atoms with Crippen LogP contribution < -0.4 is 4.74 Å². The third-order valence-electron chi connectivity index (χ3n) is 6.39. The van der Waals surface area contributed by atoms with Gasteiger partial charge in [0.05, 0.1) is 12.3 Å². The largest absolute Gasteiger partial charge is 0.489 e. The van der Waals surface area contributed by atoms with Gasteiger partial charge < -0.3 is 14.4 Å². The van der Waals surface area contributed by atoms with Crippen molar-refractivity contribution in [3.63, 3.8) is 0 Å². The Morgan fingerprint density at radius 2 is 2.00 bits per heavy atom. The molecule has 0 aliphatic heterocycles. The molecular formula is C26H30N2O3. The first-order chi connectivity index (χ1) is 14.8. The van der Waals surface area contributed by atoms with Crippen LogP contribution in [-0.4, -0.2) is 20.6 Å². The van der Waals surface area contributed by atoms with Gasteiger partial charge in [-0.1, -0.05) is 44.2 Å². The van der Waals surface area contributed by atoms with Crippen LogP contribution in [0.2, 0.25) is 0 Å². The Labute approximate surface area is 183 Å². The van der Waals surface area contributed by atoms with E-state index in [0.717, 1.165) is 23.6 Å². The second-order valence-electron chi connectivity index (χ2n) is 9.13. The Kier molecular flexibility index (Phi) is 5.86. The molecule has 0 radical (unpaired) electrons. The van der Waals surface area contributed by atoms with Crippen LogP contribution in [-0.2, 0) is 30.3 Å². The van der Waals surface area contributed by atoms with Crippen LogP contribution in [0.5, 0.6) is 5.75 Å². The number of hydrogen-bond donors (Lipinski definition) is 1. The Balaban J connectivity index is 1.48. The highest BCUT2D eigenvalue weighted by Crippen LogP contribution is 2.37. The molecule has 0 spiro atoms. The molecule has 2 aromatic carbocycles. The molecule has 0 bridgehead atoms. The monoisotopic (exact) mass is 418 g/mol. The van der Waals surface area contributed by atoms with Crippen molar-refractivity contribution in [3.05, 3.63) is 82.9 Å². The second kappa shape index (κ2) is 8.58. The normalized spacial score (nSPS) is 15.8. The summed E-state index contributed by atoms with van der Waals surface area (Å²) in [7, 11) is 1.88. The Morgan fingerprint density at radius 1 is 1.23 bits per heavy atom. The van der Waals surface area contributed by atoms with Crippen LogP contribution in [0.1, 0.15) is 67.1 Å². The fourth-order valence-corrected chi connectivity index (χ4v) is 4.63. The lowest BCUT2D eigenvalue weighted by Crippen LogP contribution is -2.24. The number of carboxylic acids is 1. The van der Waals surface area contributed by atoms with E-state index in [1.165, 1.54) is 29.5 Å². The van der Waals surface area contributed by atoms with E-state index in [-0.39, 0.29) is 17.8 Å². The van der Waals surface area contributed by atoms with Gasteiger partial charge in [-0.2, -0.15) is 0 Å². The molecule has 0 saturated carbocycles. The predicted molar refractivity (Wildman–Crippen MR) is 120 cm³/mol. The lowest BCUT2D eigenvalue weighted by atomic mass is 9.72. The number of carbonyl (C=O) groups is 1. The highest BCUT2D eigenvalue weighted by Gasteiger charge is 2.27. The summed E-state index contributed by atoms with van der Waals surface area (Å²) in [6.07, 6.45) is 7.16. The second-order valence-corrected chi connectivity index (χ2v) is 9.13. The van der Waals surface area contributed by atoms with E-state index in [9.17, 15) is 9.90 Å². The van der Waals surface area contributed by atoms with Gasteiger partial charge >= 0.3 is 5.97 Å². The summed E-state index contributed by atoms with van der Waals surface area (Å²) in [4.78, 5) is 15.8. The molecule has 5 nitrogen and oxygen atoms in total. The number of carboxylic acid groups (broad SMARTS) is 1. The fraction of sp³-hybridized carbons (Fsp3) is 0.385. The maximum absolute atomic E-state index is 11.4. The SMILES string of the molecule is Cn1ccnc1[C@@H](CC(=O)O)c1ccc(OCc2ccc3c(c2)C(C)(C)CCC3)cc1. The van der Waals surface area contributed by atoms with Crippen LogP contribution in [0, 0.1) is 0 Å². The zero-order valence-corrected chi connectivity index (χ0v) is 18.5. The number of rotatable bonds is 7. The fourth-order valence-electron chi connectivity index (χ4n) is 4.63. The molecule has 1 aromatic heterocycles. The van der Waals surface area contributed by atoms with Crippen LogP contribution in [0.15, 0.2) is 54.9 Å². The van der Waals surface area contributed by atoms with Crippen molar-refractivity contribution in [1.82, 2.24) is 9.55 Å². The first-order valence-corrected chi connectivity index (χ1v) is 10.9. The molecule has 1 atom stereocenters. The van der Waals surface area contributed by atoms with Crippen molar-refractivity contribution >= 4 is 5.97 Å². The number of ether oxygens (including phenoxy) is 1. The third kappa shape index (κ3) is 4.66. The van der Waals surface area contributed by atoms with Crippen LogP contribution in [0.4, 0.5) is 0 Å². The summed E-state index contributed by atoms with van der Waals surface area (Å²) >= 11 is 0. The Bertz CT molecular complexity index is 1070. The predicted octanol–water partition coefficient (Wildman–Crippen LogP) is 5.22. The Morgan fingerprint density at radius 3 is 2.68 bits per heavy atom. The van der Waals surface area contributed by atoms with Gasteiger partial charge in [-0.05, 0) is 59.1 Å².